The maximum Gasteiger partial charge on any atom is 0.0731 e. The molecule has 0 aromatic heterocycles. The molecule has 0 bridgehead atoms. The fourth-order valence-electron chi connectivity index (χ4n) is 1.75. The second kappa shape index (κ2) is 4.21. The Bertz CT molecular complexity index is 126. The van der Waals surface area contributed by atoms with Gasteiger partial charge in [0.15, 0.2) is 0 Å². The molecule has 72 valence electrons. The van der Waals surface area contributed by atoms with Crippen molar-refractivity contribution in [1.82, 2.24) is 5.06 Å². The zero-order valence-electron chi connectivity index (χ0n) is 8.16. The Labute approximate surface area is 74.3 Å². The number of hydrogen-bond acceptors (Lipinski definition) is 3. The van der Waals surface area contributed by atoms with Crippen molar-refractivity contribution < 1.29 is 9.94 Å². The van der Waals surface area contributed by atoms with E-state index in [-0.39, 0.29) is 12.2 Å². The highest BCUT2D eigenvalue weighted by atomic mass is 16.5. The second-order valence-electron chi connectivity index (χ2n) is 4.02. The van der Waals surface area contributed by atoms with Crippen LogP contribution < -0.4 is 0 Å². The predicted molar refractivity (Wildman–Crippen MR) is 47.1 cm³/mol. The van der Waals surface area contributed by atoms with E-state index in [1.807, 2.05) is 13.8 Å². The maximum absolute atomic E-state index is 9.32. The van der Waals surface area contributed by atoms with Crippen molar-refractivity contribution in [3.63, 3.8) is 0 Å². The molecule has 1 unspecified atom stereocenters. The molecule has 0 aromatic rings. The lowest BCUT2D eigenvalue weighted by molar-refractivity contribution is -0.163. The summed E-state index contributed by atoms with van der Waals surface area (Å²) < 4.78 is 5.63. The molecule has 1 heterocycles. The summed E-state index contributed by atoms with van der Waals surface area (Å²) in [7, 11) is 0. The van der Waals surface area contributed by atoms with Crippen molar-refractivity contribution in [3.05, 3.63) is 0 Å². The van der Waals surface area contributed by atoms with Gasteiger partial charge in [0.2, 0.25) is 0 Å². The molecule has 1 rings (SSSR count). The third-order valence-corrected chi connectivity index (χ3v) is 2.07. The van der Waals surface area contributed by atoms with Crippen LogP contribution in [-0.2, 0) is 4.74 Å². The predicted octanol–water partition coefficient (Wildman–Crippen LogP) is 1.51. The second-order valence-corrected chi connectivity index (χ2v) is 4.02. The molecular formula is C9H19NO2. The van der Waals surface area contributed by atoms with E-state index >= 15 is 0 Å². The van der Waals surface area contributed by atoms with E-state index in [1.54, 1.807) is 0 Å². The van der Waals surface area contributed by atoms with Gasteiger partial charge in [0.05, 0.1) is 18.8 Å². The summed E-state index contributed by atoms with van der Waals surface area (Å²) in [5, 5.41) is 10.7. The van der Waals surface area contributed by atoms with Gasteiger partial charge >= 0.3 is 0 Å². The smallest absolute Gasteiger partial charge is 0.0731 e. The fourth-order valence-corrected chi connectivity index (χ4v) is 1.75. The fraction of sp³-hybridized carbons (Fsp3) is 1.00. The number of hydrogen-bond donors (Lipinski definition) is 1. The van der Waals surface area contributed by atoms with Gasteiger partial charge in [0.1, 0.15) is 0 Å². The van der Waals surface area contributed by atoms with E-state index in [0.29, 0.717) is 12.5 Å². The Morgan fingerprint density at radius 1 is 1.42 bits per heavy atom. The van der Waals surface area contributed by atoms with Gasteiger partial charge in [-0.2, -0.15) is 5.06 Å². The Hall–Kier alpha value is -0.120. The molecule has 3 heteroatoms. The van der Waals surface area contributed by atoms with Crippen LogP contribution in [0.5, 0.6) is 0 Å². The van der Waals surface area contributed by atoms with Crippen LogP contribution in [-0.4, -0.2) is 35.6 Å². The summed E-state index contributed by atoms with van der Waals surface area (Å²) >= 11 is 0. The standard InChI is InChI=1S/C9H19NO2/c1-7(2)12-9-4-8(3)5-10(11)6-9/h7-9,11H,4-6H2,1-3H3/t8?,9-/m1/s1. The normalized spacial score (nSPS) is 32.8. The molecule has 0 saturated carbocycles. The molecule has 1 aliphatic heterocycles. The van der Waals surface area contributed by atoms with Gasteiger partial charge in [-0.25, -0.2) is 0 Å². The highest BCUT2D eigenvalue weighted by Gasteiger charge is 2.24. The average Bonchev–Trinajstić information content (AvgIpc) is 1.81. The highest BCUT2D eigenvalue weighted by molar-refractivity contribution is 4.73. The number of nitrogens with zero attached hydrogens (tertiary/aromatic N) is 1. The van der Waals surface area contributed by atoms with Crippen LogP contribution in [0.25, 0.3) is 0 Å². The lowest BCUT2D eigenvalue weighted by Crippen LogP contribution is -2.42. The molecule has 0 amide bonds. The Morgan fingerprint density at radius 2 is 2.08 bits per heavy atom. The van der Waals surface area contributed by atoms with Crippen LogP contribution in [0.3, 0.4) is 0 Å². The van der Waals surface area contributed by atoms with E-state index in [9.17, 15) is 5.21 Å². The van der Waals surface area contributed by atoms with Crippen LogP contribution in [0.4, 0.5) is 0 Å². The first-order valence-electron chi connectivity index (χ1n) is 4.67. The number of piperidine rings is 1. The first-order chi connectivity index (χ1) is 5.58. The quantitative estimate of drug-likeness (QED) is 0.687. The van der Waals surface area contributed by atoms with E-state index in [0.717, 1.165) is 13.0 Å². The summed E-state index contributed by atoms with van der Waals surface area (Å²) in [5.41, 5.74) is 0. The minimum Gasteiger partial charge on any atom is -0.374 e. The SMILES string of the molecule is CC1C[C@@H](OC(C)C)CN(O)C1. The van der Waals surface area contributed by atoms with Crippen molar-refractivity contribution in [3.8, 4) is 0 Å². The van der Waals surface area contributed by atoms with E-state index in [4.69, 9.17) is 4.74 Å². The highest BCUT2D eigenvalue weighted by Crippen LogP contribution is 2.18. The van der Waals surface area contributed by atoms with Crippen LogP contribution in [0, 0.1) is 5.92 Å². The lowest BCUT2D eigenvalue weighted by Gasteiger charge is -2.33. The minimum absolute atomic E-state index is 0.207. The maximum atomic E-state index is 9.32. The summed E-state index contributed by atoms with van der Waals surface area (Å²) in [6.45, 7) is 7.63. The number of ether oxygens (including phenoxy) is 1. The largest absolute Gasteiger partial charge is 0.374 e. The molecule has 1 N–H and O–H groups in total. The van der Waals surface area contributed by atoms with Gasteiger partial charge in [-0.15, -0.1) is 0 Å². The van der Waals surface area contributed by atoms with Crippen molar-refractivity contribution in [1.29, 1.82) is 0 Å². The summed E-state index contributed by atoms with van der Waals surface area (Å²) in [5.74, 6) is 0.535. The molecule has 0 spiro atoms. The molecule has 2 atom stereocenters. The van der Waals surface area contributed by atoms with E-state index < -0.39 is 0 Å². The summed E-state index contributed by atoms with van der Waals surface area (Å²) in [6.07, 6.45) is 1.53. The lowest BCUT2D eigenvalue weighted by atomic mass is 9.99. The van der Waals surface area contributed by atoms with Gasteiger partial charge in [0.25, 0.3) is 0 Å². The third kappa shape index (κ3) is 3.09. The molecule has 12 heavy (non-hydrogen) atoms. The van der Waals surface area contributed by atoms with Gasteiger partial charge < -0.3 is 9.94 Å². The van der Waals surface area contributed by atoms with Crippen molar-refractivity contribution >= 4 is 0 Å². The molecule has 1 aliphatic rings. The first-order valence-corrected chi connectivity index (χ1v) is 4.67. The zero-order chi connectivity index (χ0) is 9.14. The van der Waals surface area contributed by atoms with Crippen LogP contribution in [0.2, 0.25) is 0 Å². The van der Waals surface area contributed by atoms with Gasteiger partial charge in [-0.05, 0) is 26.2 Å². The topological polar surface area (TPSA) is 32.7 Å². The van der Waals surface area contributed by atoms with Crippen LogP contribution in [0.15, 0.2) is 0 Å². The Kier molecular flexibility index (Phi) is 3.50. The average molecular weight is 173 g/mol. The summed E-state index contributed by atoms with van der Waals surface area (Å²) in [4.78, 5) is 0. The number of rotatable bonds is 2. The number of hydroxylamine groups is 2. The van der Waals surface area contributed by atoms with E-state index in [2.05, 4.69) is 6.92 Å². The summed E-state index contributed by atoms with van der Waals surface area (Å²) in [6, 6.07) is 0. The van der Waals surface area contributed by atoms with Crippen molar-refractivity contribution in [2.24, 2.45) is 5.92 Å². The molecule has 3 nitrogen and oxygen atoms in total. The Morgan fingerprint density at radius 3 is 2.58 bits per heavy atom. The Balaban J connectivity index is 2.34. The first kappa shape index (κ1) is 9.96. The molecule has 0 aliphatic carbocycles. The van der Waals surface area contributed by atoms with E-state index in [1.165, 1.54) is 5.06 Å². The third-order valence-electron chi connectivity index (χ3n) is 2.07. The van der Waals surface area contributed by atoms with Crippen LogP contribution >= 0.6 is 0 Å². The molecule has 0 aromatic carbocycles. The molecule has 1 fully saturated rings. The van der Waals surface area contributed by atoms with Crippen molar-refractivity contribution in [2.45, 2.75) is 39.4 Å². The van der Waals surface area contributed by atoms with Crippen molar-refractivity contribution in [2.75, 3.05) is 13.1 Å². The molecule has 1 saturated heterocycles. The minimum atomic E-state index is 0.207. The zero-order valence-corrected chi connectivity index (χ0v) is 8.16. The van der Waals surface area contributed by atoms with Crippen LogP contribution in [0.1, 0.15) is 27.2 Å². The molecular weight excluding hydrogens is 154 g/mol. The van der Waals surface area contributed by atoms with Gasteiger partial charge in [0, 0.05) is 6.54 Å². The molecule has 0 radical (unpaired) electrons. The van der Waals surface area contributed by atoms with Gasteiger partial charge in [-0.3, -0.25) is 0 Å². The van der Waals surface area contributed by atoms with Gasteiger partial charge in [-0.1, -0.05) is 6.92 Å². The monoisotopic (exact) mass is 173 g/mol.